The number of hydrogen-bond donors (Lipinski definition) is 2. The zero-order chi connectivity index (χ0) is 16.3. The minimum absolute atomic E-state index is 0.0983. The second-order valence-corrected chi connectivity index (χ2v) is 6.49. The quantitative estimate of drug-likeness (QED) is 0.911. The van der Waals surface area contributed by atoms with E-state index in [2.05, 4.69) is 11.1 Å². The number of aromatic nitrogens is 1. The molecule has 0 fully saturated rings. The lowest BCUT2D eigenvalue weighted by Gasteiger charge is -2.27. The number of carbonyl (C=O) groups excluding carboxylic acids is 1. The van der Waals surface area contributed by atoms with Crippen molar-refractivity contribution in [3.05, 3.63) is 35.5 Å². The molecule has 2 rings (SSSR count). The Labute approximate surface area is 130 Å². The summed E-state index contributed by atoms with van der Waals surface area (Å²) in [5.74, 6) is 0. The molecule has 5 nitrogen and oxygen atoms in total. The number of benzene rings is 1. The van der Waals surface area contributed by atoms with Gasteiger partial charge in [-0.3, -0.25) is 0 Å². The van der Waals surface area contributed by atoms with Crippen LogP contribution in [0, 0.1) is 6.92 Å². The maximum atomic E-state index is 12.3. The highest BCUT2D eigenvalue weighted by Crippen LogP contribution is 2.22. The van der Waals surface area contributed by atoms with E-state index in [1.807, 2.05) is 46.0 Å². The summed E-state index contributed by atoms with van der Waals surface area (Å²) in [5.41, 5.74) is 2.60. The van der Waals surface area contributed by atoms with Gasteiger partial charge in [-0.1, -0.05) is 11.6 Å². The van der Waals surface area contributed by atoms with Gasteiger partial charge in [-0.15, -0.1) is 0 Å². The standard InChI is InChI=1S/C17H24N2O3/c1-12-9-13-5-6-18-15(13)14(10-12)11-19(7-8-20)16(21)22-17(2,3)4/h5-6,9-10,18,20H,7-8,11H2,1-4H3. The average Bonchev–Trinajstić information content (AvgIpc) is 2.84. The maximum absolute atomic E-state index is 12.3. The smallest absolute Gasteiger partial charge is 0.410 e. The molecular formula is C17H24N2O3. The molecule has 0 unspecified atom stereocenters. The van der Waals surface area contributed by atoms with Gasteiger partial charge in [0.05, 0.1) is 18.7 Å². The van der Waals surface area contributed by atoms with E-state index < -0.39 is 11.7 Å². The highest BCUT2D eigenvalue weighted by molar-refractivity contribution is 5.83. The monoisotopic (exact) mass is 304 g/mol. The lowest BCUT2D eigenvalue weighted by atomic mass is 10.1. The Kier molecular flexibility index (Phi) is 4.76. The first-order valence-corrected chi connectivity index (χ1v) is 7.45. The van der Waals surface area contributed by atoms with Crippen LogP contribution in [0.4, 0.5) is 4.79 Å². The molecule has 0 radical (unpaired) electrons. The molecule has 0 saturated carbocycles. The van der Waals surface area contributed by atoms with Crippen LogP contribution in [0.3, 0.4) is 0 Å². The third-order valence-electron chi connectivity index (χ3n) is 3.27. The number of carbonyl (C=O) groups is 1. The number of fused-ring (bicyclic) bond motifs is 1. The van der Waals surface area contributed by atoms with Gasteiger partial charge >= 0.3 is 6.09 Å². The van der Waals surface area contributed by atoms with Crippen LogP contribution in [0.5, 0.6) is 0 Å². The second kappa shape index (κ2) is 6.40. The third kappa shape index (κ3) is 4.01. The topological polar surface area (TPSA) is 65.6 Å². The fraction of sp³-hybridized carbons (Fsp3) is 0.471. The van der Waals surface area contributed by atoms with Gasteiger partial charge in [0.15, 0.2) is 0 Å². The lowest BCUT2D eigenvalue weighted by molar-refractivity contribution is 0.0202. The minimum atomic E-state index is -0.556. The van der Waals surface area contributed by atoms with Crippen molar-refractivity contribution in [3.8, 4) is 0 Å². The molecule has 22 heavy (non-hydrogen) atoms. The van der Waals surface area contributed by atoms with Gasteiger partial charge in [0.2, 0.25) is 0 Å². The highest BCUT2D eigenvalue weighted by Gasteiger charge is 2.22. The third-order valence-corrected chi connectivity index (χ3v) is 3.27. The number of ether oxygens (including phenoxy) is 1. The largest absolute Gasteiger partial charge is 0.444 e. The van der Waals surface area contributed by atoms with Crippen LogP contribution in [0.25, 0.3) is 10.9 Å². The van der Waals surface area contributed by atoms with E-state index in [9.17, 15) is 9.90 Å². The maximum Gasteiger partial charge on any atom is 0.410 e. The minimum Gasteiger partial charge on any atom is -0.444 e. The van der Waals surface area contributed by atoms with Crippen molar-refractivity contribution in [1.82, 2.24) is 9.88 Å². The summed E-state index contributed by atoms with van der Waals surface area (Å²) < 4.78 is 5.41. The molecular weight excluding hydrogens is 280 g/mol. The molecule has 5 heteroatoms. The van der Waals surface area contributed by atoms with Crippen LogP contribution in [0.2, 0.25) is 0 Å². The summed E-state index contributed by atoms with van der Waals surface area (Å²) in [7, 11) is 0. The Balaban J connectivity index is 2.26. The Bertz CT molecular complexity index is 655. The molecule has 1 aromatic heterocycles. The summed E-state index contributed by atoms with van der Waals surface area (Å²) in [6.07, 6.45) is 1.47. The van der Waals surface area contributed by atoms with E-state index in [-0.39, 0.29) is 13.2 Å². The van der Waals surface area contributed by atoms with Gasteiger partial charge in [-0.05, 0) is 50.8 Å². The molecule has 120 valence electrons. The zero-order valence-corrected chi connectivity index (χ0v) is 13.6. The second-order valence-electron chi connectivity index (χ2n) is 6.49. The number of nitrogens with one attached hydrogen (secondary N) is 1. The van der Waals surface area contributed by atoms with Crippen molar-refractivity contribution in [2.75, 3.05) is 13.2 Å². The number of aliphatic hydroxyl groups is 1. The molecule has 2 aromatic rings. The Morgan fingerprint density at radius 2 is 2.09 bits per heavy atom. The van der Waals surface area contributed by atoms with Crippen LogP contribution in [-0.4, -0.2) is 39.8 Å². The van der Waals surface area contributed by atoms with Crippen molar-refractivity contribution < 1.29 is 14.6 Å². The van der Waals surface area contributed by atoms with E-state index >= 15 is 0 Å². The van der Waals surface area contributed by atoms with Gasteiger partial charge in [0, 0.05) is 12.7 Å². The van der Waals surface area contributed by atoms with Crippen molar-refractivity contribution in [1.29, 1.82) is 0 Å². The van der Waals surface area contributed by atoms with Crippen molar-refractivity contribution >= 4 is 17.0 Å². The van der Waals surface area contributed by atoms with Gasteiger partial charge < -0.3 is 19.7 Å². The van der Waals surface area contributed by atoms with E-state index in [1.165, 1.54) is 4.90 Å². The summed E-state index contributed by atoms with van der Waals surface area (Å²) in [6, 6.07) is 6.16. The molecule has 1 aromatic carbocycles. The van der Waals surface area contributed by atoms with E-state index in [1.54, 1.807) is 0 Å². The van der Waals surface area contributed by atoms with E-state index in [4.69, 9.17) is 4.74 Å². The Morgan fingerprint density at radius 1 is 1.36 bits per heavy atom. The predicted octanol–water partition coefficient (Wildman–Crippen LogP) is 3.21. The highest BCUT2D eigenvalue weighted by atomic mass is 16.6. The summed E-state index contributed by atoms with van der Waals surface area (Å²) >= 11 is 0. The molecule has 0 spiro atoms. The number of amides is 1. The predicted molar refractivity (Wildman–Crippen MR) is 86.8 cm³/mol. The first kappa shape index (κ1) is 16.4. The molecule has 1 amide bonds. The number of rotatable bonds is 4. The lowest BCUT2D eigenvalue weighted by Crippen LogP contribution is -2.38. The number of nitrogens with zero attached hydrogens (tertiary/aromatic N) is 1. The summed E-state index contributed by atoms with van der Waals surface area (Å²) in [6.45, 7) is 8.06. The fourth-order valence-electron chi connectivity index (χ4n) is 2.43. The zero-order valence-electron chi connectivity index (χ0n) is 13.6. The Morgan fingerprint density at radius 3 is 2.73 bits per heavy atom. The van der Waals surface area contributed by atoms with Gasteiger partial charge in [0.25, 0.3) is 0 Å². The number of aliphatic hydroxyl groups excluding tert-OH is 1. The van der Waals surface area contributed by atoms with Crippen molar-refractivity contribution in [2.24, 2.45) is 0 Å². The molecule has 0 aliphatic heterocycles. The van der Waals surface area contributed by atoms with Gasteiger partial charge in [-0.2, -0.15) is 0 Å². The SMILES string of the molecule is Cc1cc(CN(CCO)C(=O)OC(C)(C)C)c2[nH]ccc2c1. The molecule has 0 atom stereocenters. The first-order chi connectivity index (χ1) is 10.3. The van der Waals surface area contributed by atoms with Gasteiger partial charge in [0.1, 0.15) is 5.60 Å². The van der Waals surface area contributed by atoms with Crippen molar-refractivity contribution in [3.63, 3.8) is 0 Å². The first-order valence-electron chi connectivity index (χ1n) is 7.45. The number of aryl methyl sites for hydroxylation is 1. The molecule has 0 saturated heterocycles. The van der Waals surface area contributed by atoms with E-state index in [0.29, 0.717) is 6.54 Å². The molecule has 0 aliphatic rings. The molecule has 0 aliphatic carbocycles. The van der Waals surface area contributed by atoms with E-state index in [0.717, 1.165) is 22.0 Å². The van der Waals surface area contributed by atoms with Crippen LogP contribution >= 0.6 is 0 Å². The fourth-order valence-corrected chi connectivity index (χ4v) is 2.43. The normalized spacial score (nSPS) is 11.7. The molecule has 0 bridgehead atoms. The summed E-state index contributed by atoms with van der Waals surface area (Å²) in [4.78, 5) is 17.0. The van der Waals surface area contributed by atoms with Crippen molar-refractivity contribution in [2.45, 2.75) is 39.8 Å². The van der Waals surface area contributed by atoms with Crippen LogP contribution in [0.15, 0.2) is 24.4 Å². The average molecular weight is 304 g/mol. The van der Waals surface area contributed by atoms with Crippen LogP contribution in [-0.2, 0) is 11.3 Å². The number of hydrogen-bond acceptors (Lipinski definition) is 3. The van der Waals surface area contributed by atoms with Crippen LogP contribution < -0.4 is 0 Å². The number of H-pyrrole nitrogens is 1. The van der Waals surface area contributed by atoms with Gasteiger partial charge in [-0.25, -0.2) is 4.79 Å². The molecule has 1 heterocycles. The Hall–Kier alpha value is -2.01. The number of aromatic amines is 1. The van der Waals surface area contributed by atoms with Crippen LogP contribution in [0.1, 0.15) is 31.9 Å². The summed E-state index contributed by atoms with van der Waals surface area (Å²) in [5, 5.41) is 10.3. The molecule has 2 N–H and O–H groups in total.